The smallest absolute Gasteiger partial charge is 0.158 e. The topological polar surface area (TPSA) is 48.5 Å². The molecular weight excluding hydrogens is 286 g/mol. The van der Waals surface area contributed by atoms with Crippen molar-refractivity contribution in [1.82, 2.24) is 24.3 Å². The fraction of sp³-hybridized carbons (Fsp3) is 0.400. The Labute approximate surface area is 128 Å². The summed E-state index contributed by atoms with van der Waals surface area (Å²) in [6, 6.07) is 4.06. The molecule has 0 saturated carbocycles. The summed E-state index contributed by atoms with van der Waals surface area (Å²) < 4.78 is 4.13. The molecule has 0 aromatic carbocycles. The average molecular weight is 304 g/mol. The van der Waals surface area contributed by atoms with Crippen LogP contribution in [0.2, 0.25) is 0 Å². The van der Waals surface area contributed by atoms with Crippen LogP contribution in [-0.2, 0) is 26.4 Å². The molecule has 0 radical (unpaired) electrons. The highest BCUT2D eigenvalue weighted by molar-refractivity contribution is 6.17. The molecule has 3 aromatic rings. The number of fused-ring (bicyclic) bond motifs is 1. The molecule has 0 atom stereocenters. The third-order valence-electron chi connectivity index (χ3n) is 3.63. The summed E-state index contributed by atoms with van der Waals surface area (Å²) in [5.74, 6) is 1.60. The van der Waals surface area contributed by atoms with E-state index in [9.17, 15) is 0 Å². The number of halogens is 1. The molecule has 0 N–H and O–H groups in total. The molecule has 3 heterocycles. The van der Waals surface area contributed by atoms with Crippen LogP contribution in [0.15, 0.2) is 24.5 Å². The molecule has 0 bridgehead atoms. The molecule has 0 fully saturated rings. The molecule has 0 aliphatic carbocycles. The first kappa shape index (κ1) is 14.1. The van der Waals surface area contributed by atoms with Crippen LogP contribution in [-0.4, -0.2) is 30.2 Å². The number of hydrogen-bond acceptors (Lipinski definition) is 3. The minimum Gasteiger partial charge on any atom is -0.313 e. The van der Waals surface area contributed by atoms with Crippen molar-refractivity contribution in [3.63, 3.8) is 0 Å². The zero-order valence-electron chi connectivity index (χ0n) is 12.3. The number of aromatic nitrogens is 5. The van der Waals surface area contributed by atoms with Gasteiger partial charge in [0.1, 0.15) is 11.3 Å². The normalized spacial score (nSPS) is 11.4. The number of imidazole rings is 1. The number of pyridine rings is 1. The largest absolute Gasteiger partial charge is 0.313 e. The van der Waals surface area contributed by atoms with Crippen molar-refractivity contribution in [2.75, 3.05) is 5.88 Å². The van der Waals surface area contributed by atoms with Crippen LogP contribution in [0, 0.1) is 6.92 Å². The molecule has 0 spiro atoms. The van der Waals surface area contributed by atoms with Crippen LogP contribution in [0.5, 0.6) is 0 Å². The van der Waals surface area contributed by atoms with Crippen molar-refractivity contribution in [3.8, 4) is 0 Å². The summed E-state index contributed by atoms with van der Waals surface area (Å²) in [6.45, 7) is 2.85. The zero-order chi connectivity index (χ0) is 14.8. The van der Waals surface area contributed by atoms with Gasteiger partial charge in [-0.3, -0.25) is 9.67 Å². The third kappa shape index (κ3) is 2.65. The molecule has 0 aliphatic heterocycles. The van der Waals surface area contributed by atoms with Gasteiger partial charge in [-0.15, -0.1) is 11.6 Å². The lowest BCUT2D eigenvalue weighted by Gasteiger charge is -2.09. The van der Waals surface area contributed by atoms with Gasteiger partial charge in [-0.1, -0.05) is 6.07 Å². The molecule has 0 aliphatic rings. The molecule has 6 heteroatoms. The summed E-state index contributed by atoms with van der Waals surface area (Å²) in [6.07, 6.45) is 5.38. The second-order valence-electron chi connectivity index (χ2n) is 5.11. The number of rotatable bonds is 5. The van der Waals surface area contributed by atoms with Gasteiger partial charge >= 0.3 is 0 Å². The lowest BCUT2D eigenvalue weighted by Crippen LogP contribution is -2.10. The highest BCUT2D eigenvalue weighted by atomic mass is 35.5. The van der Waals surface area contributed by atoms with Crippen molar-refractivity contribution in [2.24, 2.45) is 7.05 Å². The number of aryl methyl sites for hydroxylation is 5. The van der Waals surface area contributed by atoms with Gasteiger partial charge in [-0.25, -0.2) is 4.98 Å². The van der Waals surface area contributed by atoms with E-state index in [4.69, 9.17) is 16.6 Å². The summed E-state index contributed by atoms with van der Waals surface area (Å²) in [7, 11) is 1.96. The monoisotopic (exact) mass is 303 g/mol. The van der Waals surface area contributed by atoms with E-state index in [1.807, 2.05) is 30.9 Å². The first-order valence-electron chi connectivity index (χ1n) is 7.04. The van der Waals surface area contributed by atoms with Gasteiger partial charge in [-0.05, 0) is 25.0 Å². The maximum Gasteiger partial charge on any atom is 0.158 e. The predicted molar refractivity (Wildman–Crippen MR) is 83.6 cm³/mol. The van der Waals surface area contributed by atoms with Crippen molar-refractivity contribution < 1.29 is 0 Å². The minimum absolute atomic E-state index is 0.572. The van der Waals surface area contributed by atoms with Gasteiger partial charge in [0.15, 0.2) is 5.65 Å². The van der Waals surface area contributed by atoms with Crippen LogP contribution in [0.4, 0.5) is 0 Å². The first-order chi connectivity index (χ1) is 10.2. The van der Waals surface area contributed by atoms with E-state index in [-0.39, 0.29) is 0 Å². The fourth-order valence-corrected chi connectivity index (χ4v) is 2.85. The Morgan fingerprint density at radius 1 is 1.29 bits per heavy atom. The minimum atomic E-state index is 0.572. The predicted octanol–water partition coefficient (Wildman–Crippen LogP) is 2.50. The molecule has 3 aromatic heterocycles. The van der Waals surface area contributed by atoms with Crippen molar-refractivity contribution >= 4 is 22.8 Å². The van der Waals surface area contributed by atoms with E-state index in [0.717, 1.165) is 42.1 Å². The highest BCUT2D eigenvalue weighted by Gasteiger charge is 2.16. The quantitative estimate of drug-likeness (QED) is 0.680. The van der Waals surface area contributed by atoms with Crippen LogP contribution in [0.3, 0.4) is 0 Å². The number of alkyl halides is 1. The second-order valence-corrected chi connectivity index (χ2v) is 5.49. The van der Waals surface area contributed by atoms with Crippen molar-refractivity contribution in [2.45, 2.75) is 26.3 Å². The van der Waals surface area contributed by atoms with Crippen molar-refractivity contribution in [3.05, 3.63) is 41.6 Å². The van der Waals surface area contributed by atoms with E-state index >= 15 is 0 Å². The molecule has 3 rings (SSSR count). The third-order valence-corrected chi connectivity index (χ3v) is 3.82. The Morgan fingerprint density at radius 3 is 2.86 bits per heavy atom. The second kappa shape index (κ2) is 5.85. The Balaban J connectivity index is 1.97. The summed E-state index contributed by atoms with van der Waals surface area (Å²) >= 11 is 5.91. The Morgan fingerprint density at radius 2 is 2.14 bits per heavy atom. The van der Waals surface area contributed by atoms with Crippen molar-refractivity contribution in [1.29, 1.82) is 0 Å². The Bertz CT molecular complexity index is 744. The van der Waals surface area contributed by atoms with Gasteiger partial charge < -0.3 is 4.57 Å². The first-order valence-corrected chi connectivity index (χ1v) is 7.57. The molecule has 110 valence electrons. The molecule has 5 nitrogen and oxygen atoms in total. The van der Waals surface area contributed by atoms with Crippen LogP contribution >= 0.6 is 11.6 Å². The lowest BCUT2D eigenvalue weighted by molar-refractivity contribution is 0.641. The van der Waals surface area contributed by atoms with Crippen LogP contribution in [0.25, 0.3) is 11.2 Å². The highest BCUT2D eigenvalue weighted by Crippen LogP contribution is 2.20. The van der Waals surface area contributed by atoms with Gasteiger partial charge in [0.05, 0.1) is 5.69 Å². The standard InChI is InChI=1S/C15H18ClN5/c1-11-14-15(20(2)19-11)21(13(18-14)5-7-16)9-6-12-4-3-8-17-10-12/h3-4,8,10H,5-7,9H2,1-2H3. The molecular formula is C15H18ClN5. The lowest BCUT2D eigenvalue weighted by atomic mass is 10.2. The zero-order valence-corrected chi connectivity index (χ0v) is 13.0. The molecule has 0 saturated heterocycles. The summed E-state index contributed by atoms with van der Waals surface area (Å²) in [4.78, 5) is 8.88. The van der Waals surface area contributed by atoms with Gasteiger partial charge in [-0.2, -0.15) is 5.10 Å². The maximum atomic E-state index is 5.91. The SMILES string of the molecule is Cc1nn(C)c2c1nc(CCCl)n2CCc1cccnc1. The van der Waals surface area contributed by atoms with E-state index < -0.39 is 0 Å². The van der Waals surface area contributed by atoms with Gasteiger partial charge in [0, 0.05) is 38.3 Å². The fourth-order valence-electron chi connectivity index (χ4n) is 2.68. The van der Waals surface area contributed by atoms with E-state index in [2.05, 4.69) is 20.7 Å². The van der Waals surface area contributed by atoms with Gasteiger partial charge in [0.2, 0.25) is 0 Å². The average Bonchev–Trinajstić information content (AvgIpc) is 2.97. The van der Waals surface area contributed by atoms with Crippen LogP contribution in [0.1, 0.15) is 17.1 Å². The molecule has 21 heavy (non-hydrogen) atoms. The Hall–Kier alpha value is -1.88. The van der Waals surface area contributed by atoms with E-state index in [1.165, 1.54) is 5.56 Å². The molecule has 0 unspecified atom stereocenters. The van der Waals surface area contributed by atoms with Crippen LogP contribution < -0.4 is 0 Å². The van der Waals surface area contributed by atoms with Gasteiger partial charge in [0.25, 0.3) is 0 Å². The summed E-state index contributed by atoms with van der Waals surface area (Å²) in [5, 5.41) is 4.46. The van der Waals surface area contributed by atoms with E-state index in [0.29, 0.717) is 5.88 Å². The summed E-state index contributed by atoms with van der Waals surface area (Å²) in [5.41, 5.74) is 4.22. The molecule has 0 amide bonds. The Kier molecular flexibility index (Phi) is 3.92. The maximum absolute atomic E-state index is 5.91. The number of nitrogens with zero attached hydrogens (tertiary/aromatic N) is 5. The number of hydrogen-bond donors (Lipinski definition) is 0. The van der Waals surface area contributed by atoms with E-state index in [1.54, 1.807) is 6.20 Å².